The van der Waals surface area contributed by atoms with E-state index in [1.807, 2.05) is 0 Å². The zero-order chi connectivity index (χ0) is 10.8. The summed E-state index contributed by atoms with van der Waals surface area (Å²) in [5.41, 5.74) is 0.653. The van der Waals surface area contributed by atoms with E-state index in [-0.39, 0.29) is 11.7 Å². The first-order valence-corrected chi connectivity index (χ1v) is 4.78. The fraction of sp³-hybridized carbons (Fsp3) is 0.400. The van der Waals surface area contributed by atoms with Crippen molar-refractivity contribution in [2.24, 2.45) is 0 Å². The van der Waals surface area contributed by atoms with Crippen LogP contribution in [0.15, 0.2) is 24.3 Å². The largest absolute Gasteiger partial charge is 0.308 e. The second kappa shape index (κ2) is 3.94. The van der Waals surface area contributed by atoms with E-state index >= 15 is 0 Å². The molecule has 1 aromatic carbocycles. The average Bonchev–Trinajstić information content (AvgIpc) is 2.24. The molecule has 1 saturated heterocycles. The summed E-state index contributed by atoms with van der Waals surface area (Å²) in [4.78, 5) is 10.3. The first-order valence-electron chi connectivity index (χ1n) is 4.78. The molecule has 0 aromatic heterocycles. The maximum atomic E-state index is 13.0. The number of nitro benzene ring substituents is 1. The average molecular weight is 210 g/mol. The number of alkyl halides is 1. The quantitative estimate of drug-likeness (QED) is 0.606. The van der Waals surface area contributed by atoms with Gasteiger partial charge in [0.15, 0.2) is 0 Å². The Morgan fingerprint density at radius 2 is 2.27 bits per heavy atom. The molecule has 1 aliphatic heterocycles. The summed E-state index contributed by atoms with van der Waals surface area (Å²) in [7, 11) is 0. The van der Waals surface area contributed by atoms with Gasteiger partial charge in [-0.15, -0.1) is 0 Å². The van der Waals surface area contributed by atoms with E-state index in [0.29, 0.717) is 18.5 Å². The predicted molar refractivity (Wildman–Crippen MR) is 53.5 cm³/mol. The van der Waals surface area contributed by atoms with Crippen LogP contribution < -0.4 is 5.32 Å². The van der Waals surface area contributed by atoms with E-state index < -0.39 is 11.1 Å². The van der Waals surface area contributed by atoms with Crippen LogP contribution in [0.3, 0.4) is 0 Å². The normalized spacial score (nSPS) is 24.6. The van der Waals surface area contributed by atoms with Crippen LogP contribution in [0.25, 0.3) is 0 Å². The monoisotopic (exact) mass is 210 g/mol. The predicted octanol–water partition coefficient (Wildman–Crippen LogP) is 1.45. The number of nitrogens with zero attached hydrogens (tertiary/aromatic N) is 1. The van der Waals surface area contributed by atoms with E-state index in [4.69, 9.17) is 0 Å². The Kier molecular flexibility index (Phi) is 2.64. The van der Waals surface area contributed by atoms with E-state index in [2.05, 4.69) is 5.32 Å². The zero-order valence-corrected chi connectivity index (χ0v) is 8.02. The Hall–Kier alpha value is -1.49. The van der Waals surface area contributed by atoms with Crippen LogP contribution in [0.5, 0.6) is 0 Å². The Morgan fingerprint density at radius 1 is 1.53 bits per heavy atom. The molecule has 0 amide bonds. The van der Waals surface area contributed by atoms with Crippen molar-refractivity contribution in [3.05, 3.63) is 39.9 Å². The van der Waals surface area contributed by atoms with E-state index in [0.717, 1.165) is 0 Å². The van der Waals surface area contributed by atoms with Gasteiger partial charge in [0, 0.05) is 24.2 Å². The molecular formula is C10H11FN2O2. The molecule has 4 nitrogen and oxygen atoms in total. The highest BCUT2D eigenvalue weighted by Crippen LogP contribution is 2.22. The van der Waals surface area contributed by atoms with Crippen molar-refractivity contribution in [3.8, 4) is 0 Å². The molecule has 1 aromatic rings. The third-order valence-corrected chi connectivity index (χ3v) is 2.64. The Balaban J connectivity index is 2.16. The molecule has 1 N–H and O–H groups in total. The van der Waals surface area contributed by atoms with Gasteiger partial charge in [0.2, 0.25) is 0 Å². The lowest BCUT2D eigenvalue weighted by molar-refractivity contribution is -0.385. The summed E-state index contributed by atoms with van der Waals surface area (Å²) < 4.78 is 13.0. The van der Waals surface area contributed by atoms with Crippen LogP contribution in [0.2, 0.25) is 0 Å². The summed E-state index contributed by atoms with van der Waals surface area (Å²) in [6.45, 7) is 0.352. The van der Waals surface area contributed by atoms with Crippen molar-refractivity contribution in [3.63, 3.8) is 0 Å². The first-order chi connectivity index (χ1) is 7.18. The second-order valence-electron chi connectivity index (χ2n) is 3.62. The third-order valence-electron chi connectivity index (χ3n) is 2.64. The Morgan fingerprint density at radius 3 is 2.80 bits per heavy atom. The number of para-hydroxylation sites is 1. The lowest BCUT2D eigenvalue weighted by Crippen LogP contribution is -2.55. The minimum absolute atomic E-state index is 0.0680. The summed E-state index contributed by atoms with van der Waals surface area (Å²) in [5, 5.41) is 13.6. The SMILES string of the molecule is O=[N+]([O-])c1ccccc1C[C@@H]1NC[C@@H]1F. The van der Waals surface area contributed by atoms with E-state index in [9.17, 15) is 14.5 Å². The van der Waals surface area contributed by atoms with Gasteiger partial charge < -0.3 is 5.32 Å². The van der Waals surface area contributed by atoms with Gasteiger partial charge >= 0.3 is 0 Å². The van der Waals surface area contributed by atoms with Crippen LogP contribution in [0.4, 0.5) is 10.1 Å². The summed E-state index contributed by atoms with van der Waals surface area (Å²) in [6, 6.07) is 6.19. The fourth-order valence-corrected chi connectivity index (χ4v) is 1.67. The van der Waals surface area contributed by atoms with Gasteiger partial charge in [-0.05, 0) is 6.42 Å². The topological polar surface area (TPSA) is 55.2 Å². The van der Waals surface area contributed by atoms with Crippen molar-refractivity contribution in [2.45, 2.75) is 18.6 Å². The number of halogens is 1. The maximum Gasteiger partial charge on any atom is 0.272 e. The molecule has 5 heteroatoms. The summed E-state index contributed by atoms with van der Waals surface area (Å²) in [6.07, 6.45) is -0.511. The number of benzene rings is 1. The van der Waals surface area contributed by atoms with Crippen molar-refractivity contribution < 1.29 is 9.31 Å². The minimum atomic E-state index is -0.884. The first kappa shape index (κ1) is 10.0. The van der Waals surface area contributed by atoms with Crippen molar-refractivity contribution in [1.82, 2.24) is 5.32 Å². The van der Waals surface area contributed by atoms with Crippen LogP contribution in [0, 0.1) is 10.1 Å². The van der Waals surface area contributed by atoms with Gasteiger partial charge in [0.1, 0.15) is 6.17 Å². The third kappa shape index (κ3) is 1.97. The molecule has 1 aliphatic rings. The van der Waals surface area contributed by atoms with E-state index in [1.54, 1.807) is 18.2 Å². The number of nitro groups is 1. The number of nitrogens with one attached hydrogen (secondary N) is 1. The van der Waals surface area contributed by atoms with Gasteiger partial charge in [-0.2, -0.15) is 0 Å². The number of hydrogen-bond donors (Lipinski definition) is 1. The van der Waals surface area contributed by atoms with Crippen molar-refractivity contribution >= 4 is 5.69 Å². The second-order valence-corrected chi connectivity index (χ2v) is 3.62. The van der Waals surface area contributed by atoms with Crippen LogP contribution in [-0.4, -0.2) is 23.7 Å². The van der Waals surface area contributed by atoms with Crippen LogP contribution >= 0.6 is 0 Å². The molecular weight excluding hydrogens is 199 g/mol. The van der Waals surface area contributed by atoms with Gasteiger partial charge in [0.05, 0.1) is 4.92 Å². The van der Waals surface area contributed by atoms with Crippen LogP contribution in [0.1, 0.15) is 5.56 Å². The summed E-state index contributed by atoms with van der Waals surface area (Å²) in [5.74, 6) is 0. The highest BCUT2D eigenvalue weighted by molar-refractivity contribution is 5.40. The molecule has 2 atom stereocenters. The molecule has 80 valence electrons. The molecule has 0 bridgehead atoms. The van der Waals surface area contributed by atoms with Gasteiger partial charge in [-0.1, -0.05) is 18.2 Å². The molecule has 2 rings (SSSR count). The Bertz CT molecular complexity index is 383. The minimum Gasteiger partial charge on any atom is -0.308 e. The molecule has 15 heavy (non-hydrogen) atoms. The number of rotatable bonds is 3. The molecule has 1 fully saturated rings. The molecule has 0 radical (unpaired) electrons. The smallest absolute Gasteiger partial charge is 0.272 e. The van der Waals surface area contributed by atoms with Crippen molar-refractivity contribution in [2.75, 3.05) is 6.54 Å². The van der Waals surface area contributed by atoms with Gasteiger partial charge in [-0.3, -0.25) is 10.1 Å². The van der Waals surface area contributed by atoms with E-state index in [1.165, 1.54) is 6.07 Å². The number of hydrogen-bond acceptors (Lipinski definition) is 3. The molecule has 0 saturated carbocycles. The molecule has 0 unspecified atom stereocenters. The Labute approximate surface area is 86.3 Å². The maximum absolute atomic E-state index is 13.0. The standard InChI is InChI=1S/C10H11FN2O2/c11-8-6-12-9(8)5-7-3-1-2-4-10(7)13(14)15/h1-4,8-9,12H,5-6H2/t8-,9-/m0/s1. The lowest BCUT2D eigenvalue weighted by Gasteiger charge is -2.32. The molecule has 0 spiro atoms. The van der Waals surface area contributed by atoms with Crippen molar-refractivity contribution in [1.29, 1.82) is 0 Å². The highest BCUT2D eigenvalue weighted by atomic mass is 19.1. The van der Waals surface area contributed by atoms with Crippen LogP contribution in [-0.2, 0) is 6.42 Å². The van der Waals surface area contributed by atoms with Gasteiger partial charge in [0.25, 0.3) is 5.69 Å². The fourth-order valence-electron chi connectivity index (χ4n) is 1.67. The summed E-state index contributed by atoms with van der Waals surface area (Å²) >= 11 is 0. The molecule has 1 heterocycles. The molecule has 0 aliphatic carbocycles. The lowest BCUT2D eigenvalue weighted by atomic mass is 9.95. The van der Waals surface area contributed by atoms with Gasteiger partial charge in [-0.25, -0.2) is 4.39 Å². The highest BCUT2D eigenvalue weighted by Gasteiger charge is 2.31. The zero-order valence-electron chi connectivity index (χ0n) is 8.02.